The van der Waals surface area contributed by atoms with Crippen molar-refractivity contribution < 1.29 is 27.8 Å². The summed E-state index contributed by atoms with van der Waals surface area (Å²) >= 11 is 5.62. The number of carboxylic acids is 1. The van der Waals surface area contributed by atoms with Gasteiger partial charge in [0.2, 0.25) is 0 Å². The third-order valence-electron chi connectivity index (χ3n) is 2.17. The Balaban J connectivity index is 2.96. The van der Waals surface area contributed by atoms with Gasteiger partial charge in [0.05, 0.1) is 10.6 Å². The highest BCUT2D eigenvalue weighted by molar-refractivity contribution is 6.32. The SMILES string of the molecule is CCC(Oc1ccc(C(F)(F)F)cc1Cl)C(=O)O. The number of benzene rings is 1. The van der Waals surface area contributed by atoms with Gasteiger partial charge >= 0.3 is 12.1 Å². The standard InChI is InChI=1S/C11H10ClF3O3/c1-2-8(10(16)17)18-9-4-3-6(5-7(9)12)11(13,14)15/h3-5,8H,2H2,1H3,(H,16,17). The van der Waals surface area contributed by atoms with Gasteiger partial charge in [-0.25, -0.2) is 4.79 Å². The molecule has 0 heterocycles. The van der Waals surface area contributed by atoms with Crippen molar-refractivity contribution >= 4 is 17.6 Å². The minimum absolute atomic E-state index is 0.0843. The van der Waals surface area contributed by atoms with Gasteiger partial charge in [0.1, 0.15) is 5.75 Å². The molecule has 0 aliphatic rings. The molecule has 0 amide bonds. The van der Waals surface area contributed by atoms with Crippen molar-refractivity contribution in [3.63, 3.8) is 0 Å². The summed E-state index contributed by atoms with van der Waals surface area (Å²) < 4.78 is 42.1. The van der Waals surface area contributed by atoms with Gasteiger partial charge in [0.25, 0.3) is 0 Å². The Morgan fingerprint density at radius 3 is 2.50 bits per heavy atom. The van der Waals surface area contributed by atoms with E-state index in [-0.39, 0.29) is 17.2 Å². The summed E-state index contributed by atoms with van der Waals surface area (Å²) in [7, 11) is 0. The van der Waals surface area contributed by atoms with E-state index in [0.717, 1.165) is 12.1 Å². The topological polar surface area (TPSA) is 46.5 Å². The molecule has 1 atom stereocenters. The second-order valence-corrected chi connectivity index (χ2v) is 3.90. The number of alkyl halides is 3. The van der Waals surface area contributed by atoms with Crippen molar-refractivity contribution in [3.8, 4) is 5.75 Å². The monoisotopic (exact) mass is 282 g/mol. The molecule has 1 unspecified atom stereocenters. The van der Waals surface area contributed by atoms with E-state index in [2.05, 4.69) is 0 Å². The molecule has 1 rings (SSSR count). The van der Waals surface area contributed by atoms with Crippen LogP contribution in [0.5, 0.6) is 5.75 Å². The van der Waals surface area contributed by atoms with Crippen LogP contribution in [0.2, 0.25) is 5.02 Å². The zero-order chi connectivity index (χ0) is 13.9. The average Bonchev–Trinajstić information content (AvgIpc) is 2.25. The predicted octanol–water partition coefficient (Wildman–Crippen LogP) is 3.60. The van der Waals surface area contributed by atoms with Crippen LogP contribution in [0.25, 0.3) is 0 Å². The van der Waals surface area contributed by atoms with E-state index in [9.17, 15) is 18.0 Å². The van der Waals surface area contributed by atoms with Crippen molar-refractivity contribution in [3.05, 3.63) is 28.8 Å². The van der Waals surface area contributed by atoms with Crippen molar-refractivity contribution in [2.75, 3.05) is 0 Å². The Bertz CT molecular complexity index is 446. The maximum atomic E-state index is 12.4. The Kier molecular flexibility index (Phi) is 4.45. The van der Waals surface area contributed by atoms with E-state index < -0.39 is 23.8 Å². The summed E-state index contributed by atoms with van der Waals surface area (Å²) in [5.41, 5.74) is -0.914. The molecule has 0 radical (unpaired) electrons. The molecule has 0 saturated heterocycles. The minimum atomic E-state index is -4.50. The lowest BCUT2D eigenvalue weighted by atomic mass is 10.2. The molecule has 0 aromatic heterocycles. The number of ether oxygens (including phenoxy) is 1. The van der Waals surface area contributed by atoms with Crippen molar-refractivity contribution in [1.29, 1.82) is 0 Å². The molecule has 0 aliphatic heterocycles. The molecule has 0 spiro atoms. The van der Waals surface area contributed by atoms with E-state index in [1.54, 1.807) is 6.92 Å². The molecule has 0 aliphatic carbocycles. The van der Waals surface area contributed by atoms with Gasteiger partial charge in [0.15, 0.2) is 6.10 Å². The van der Waals surface area contributed by atoms with Crippen LogP contribution in [0.4, 0.5) is 13.2 Å². The Morgan fingerprint density at radius 2 is 2.11 bits per heavy atom. The first kappa shape index (κ1) is 14.6. The Hall–Kier alpha value is -1.43. The zero-order valence-electron chi connectivity index (χ0n) is 9.29. The van der Waals surface area contributed by atoms with Crippen LogP contribution in [-0.2, 0) is 11.0 Å². The van der Waals surface area contributed by atoms with Gasteiger partial charge in [-0.15, -0.1) is 0 Å². The smallest absolute Gasteiger partial charge is 0.416 e. The summed E-state index contributed by atoms with van der Waals surface area (Å²) in [4.78, 5) is 10.7. The first-order chi connectivity index (χ1) is 8.25. The van der Waals surface area contributed by atoms with Crippen LogP contribution in [0, 0.1) is 0 Å². The normalized spacial score (nSPS) is 13.2. The summed E-state index contributed by atoms with van der Waals surface area (Å²) in [6.45, 7) is 1.58. The summed E-state index contributed by atoms with van der Waals surface area (Å²) in [5.74, 6) is -1.28. The average molecular weight is 283 g/mol. The lowest BCUT2D eigenvalue weighted by Crippen LogP contribution is -2.26. The van der Waals surface area contributed by atoms with E-state index in [4.69, 9.17) is 21.4 Å². The van der Waals surface area contributed by atoms with Crippen molar-refractivity contribution in [1.82, 2.24) is 0 Å². The van der Waals surface area contributed by atoms with Crippen LogP contribution >= 0.6 is 11.6 Å². The highest BCUT2D eigenvalue weighted by Gasteiger charge is 2.31. The lowest BCUT2D eigenvalue weighted by Gasteiger charge is -2.15. The fourth-order valence-electron chi connectivity index (χ4n) is 1.23. The Morgan fingerprint density at radius 1 is 1.50 bits per heavy atom. The van der Waals surface area contributed by atoms with Crippen LogP contribution in [0.1, 0.15) is 18.9 Å². The summed E-state index contributed by atoms with van der Waals surface area (Å²) in [6, 6.07) is 2.50. The number of halogens is 4. The quantitative estimate of drug-likeness (QED) is 0.918. The molecule has 1 aromatic rings. The summed E-state index contributed by atoms with van der Waals surface area (Å²) in [6.07, 6.45) is -5.47. The molecule has 7 heteroatoms. The molecule has 1 N–H and O–H groups in total. The van der Waals surface area contributed by atoms with Gasteiger partial charge in [0, 0.05) is 0 Å². The van der Waals surface area contributed by atoms with Crippen LogP contribution < -0.4 is 4.74 Å². The second kappa shape index (κ2) is 5.48. The third-order valence-corrected chi connectivity index (χ3v) is 2.47. The molecular weight excluding hydrogens is 273 g/mol. The molecular formula is C11H10ClF3O3. The molecule has 3 nitrogen and oxygen atoms in total. The summed E-state index contributed by atoms with van der Waals surface area (Å²) in [5, 5.41) is 8.49. The van der Waals surface area contributed by atoms with Gasteiger partial charge < -0.3 is 9.84 Å². The van der Waals surface area contributed by atoms with Gasteiger partial charge in [-0.2, -0.15) is 13.2 Å². The lowest BCUT2D eigenvalue weighted by molar-refractivity contribution is -0.145. The fourth-order valence-corrected chi connectivity index (χ4v) is 1.46. The highest BCUT2D eigenvalue weighted by atomic mass is 35.5. The van der Waals surface area contributed by atoms with Gasteiger partial charge in [-0.05, 0) is 24.6 Å². The van der Waals surface area contributed by atoms with Crippen molar-refractivity contribution in [2.24, 2.45) is 0 Å². The van der Waals surface area contributed by atoms with E-state index >= 15 is 0 Å². The molecule has 18 heavy (non-hydrogen) atoms. The maximum Gasteiger partial charge on any atom is 0.416 e. The third kappa shape index (κ3) is 3.53. The van der Waals surface area contributed by atoms with Crippen LogP contribution in [-0.4, -0.2) is 17.2 Å². The van der Waals surface area contributed by atoms with Crippen LogP contribution in [0.15, 0.2) is 18.2 Å². The van der Waals surface area contributed by atoms with Gasteiger partial charge in [-0.1, -0.05) is 18.5 Å². The highest BCUT2D eigenvalue weighted by Crippen LogP contribution is 2.35. The largest absolute Gasteiger partial charge is 0.479 e. The number of carboxylic acid groups (broad SMARTS) is 1. The Labute approximate surface area is 106 Å². The van der Waals surface area contributed by atoms with Crippen molar-refractivity contribution in [2.45, 2.75) is 25.6 Å². The molecule has 1 aromatic carbocycles. The number of aliphatic carboxylic acids is 1. The van der Waals surface area contributed by atoms with E-state index in [1.807, 2.05) is 0 Å². The van der Waals surface area contributed by atoms with E-state index in [0.29, 0.717) is 6.07 Å². The van der Waals surface area contributed by atoms with Crippen LogP contribution in [0.3, 0.4) is 0 Å². The molecule has 100 valence electrons. The fraction of sp³-hybridized carbons (Fsp3) is 0.364. The molecule has 0 bridgehead atoms. The number of rotatable bonds is 4. The zero-order valence-corrected chi connectivity index (χ0v) is 10.0. The minimum Gasteiger partial charge on any atom is -0.479 e. The maximum absolute atomic E-state index is 12.4. The second-order valence-electron chi connectivity index (χ2n) is 3.50. The predicted molar refractivity (Wildman–Crippen MR) is 58.8 cm³/mol. The molecule has 0 fully saturated rings. The van der Waals surface area contributed by atoms with Gasteiger partial charge in [-0.3, -0.25) is 0 Å². The first-order valence-electron chi connectivity index (χ1n) is 5.02. The first-order valence-corrected chi connectivity index (χ1v) is 5.39. The number of hydrogen-bond donors (Lipinski definition) is 1. The van der Waals surface area contributed by atoms with E-state index in [1.165, 1.54) is 0 Å². The number of hydrogen-bond acceptors (Lipinski definition) is 2. The molecule has 0 saturated carbocycles. The number of carbonyl (C=O) groups is 1.